The molecule has 0 radical (unpaired) electrons. The van der Waals surface area contributed by atoms with E-state index >= 15 is 0 Å². The quantitative estimate of drug-likeness (QED) is 0.359. The van der Waals surface area contributed by atoms with Crippen LogP contribution >= 0.6 is 0 Å². The standard InChI is InChI=1S/C31H39N3O4S/c1-7-25(5)32-31(36)26(6)33(20-27-11-9-8-10-12-27)30(35)21-34(28-18-23(3)17-24(4)19-28)39(37,38)29-15-13-22(2)14-16-29/h8-19,25-26H,7,20-21H2,1-6H3,(H,32,36)/t25-,26+/m1/s1. The maximum Gasteiger partial charge on any atom is 0.264 e. The number of nitrogens with zero attached hydrogens (tertiary/aromatic N) is 2. The van der Waals surface area contributed by atoms with Crippen LogP contribution in [0.3, 0.4) is 0 Å². The van der Waals surface area contributed by atoms with Crippen molar-refractivity contribution in [2.75, 3.05) is 10.8 Å². The molecule has 0 saturated carbocycles. The highest BCUT2D eigenvalue weighted by atomic mass is 32.2. The van der Waals surface area contributed by atoms with Crippen LogP contribution in [0.15, 0.2) is 77.7 Å². The molecule has 3 aromatic carbocycles. The lowest BCUT2D eigenvalue weighted by Crippen LogP contribution is -2.52. The van der Waals surface area contributed by atoms with Crippen LogP contribution in [0, 0.1) is 20.8 Å². The summed E-state index contributed by atoms with van der Waals surface area (Å²) < 4.78 is 29.0. The molecule has 3 aromatic rings. The third-order valence-corrected chi connectivity index (χ3v) is 8.53. The minimum atomic E-state index is -4.09. The van der Waals surface area contributed by atoms with Crippen LogP contribution in [-0.2, 0) is 26.2 Å². The third-order valence-electron chi connectivity index (χ3n) is 6.75. The molecule has 3 rings (SSSR count). The van der Waals surface area contributed by atoms with E-state index in [1.807, 2.05) is 71.0 Å². The molecule has 0 aliphatic rings. The van der Waals surface area contributed by atoms with Gasteiger partial charge in [0.1, 0.15) is 12.6 Å². The first-order valence-electron chi connectivity index (χ1n) is 13.2. The molecule has 0 fully saturated rings. The SMILES string of the molecule is CC[C@@H](C)NC(=O)[C@H](C)N(Cc1ccccc1)C(=O)CN(c1cc(C)cc(C)c1)S(=O)(=O)c1ccc(C)cc1. The van der Waals surface area contributed by atoms with E-state index in [9.17, 15) is 18.0 Å². The van der Waals surface area contributed by atoms with Crippen molar-refractivity contribution in [3.05, 3.63) is 95.1 Å². The van der Waals surface area contributed by atoms with Gasteiger partial charge < -0.3 is 10.2 Å². The van der Waals surface area contributed by atoms with E-state index in [4.69, 9.17) is 0 Å². The summed E-state index contributed by atoms with van der Waals surface area (Å²) >= 11 is 0. The molecule has 8 heteroatoms. The van der Waals surface area contributed by atoms with Gasteiger partial charge in [0, 0.05) is 12.6 Å². The predicted molar refractivity (Wildman–Crippen MR) is 156 cm³/mol. The van der Waals surface area contributed by atoms with Gasteiger partial charge in [0.05, 0.1) is 10.6 Å². The Hall–Kier alpha value is -3.65. The summed E-state index contributed by atoms with van der Waals surface area (Å²) in [5.74, 6) is -0.756. The lowest BCUT2D eigenvalue weighted by Gasteiger charge is -2.32. The van der Waals surface area contributed by atoms with Gasteiger partial charge in [-0.2, -0.15) is 0 Å². The number of aryl methyl sites for hydroxylation is 3. The molecule has 0 aromatic heterocycles. The number of nitrogens with one attached hydrogen (secondary N) is 1. The lowest BCUT2D eigenvalue weighted by molar-refractivity contribution is -0.139. The summed E-state index contributed by atoms with van der Waals surface area (Å²) in [6.07, 6.45) is 0.750. The topological polar surface area (TPSA) is 86.8 Å². The van der Waals surface area contributed by atoms with Gasteiger partial charge in [-0.05, 0) is 82.0 Å². The van der Waals surface area contributed by atoms with Crippen molar-refractivity contribution < 1.29 is 18.0 Å². The zero-order valence-corrected chi connectivity index (χ0v) is 24.5. The Balaban J connectivity index is 2.04. The number of carbonyl (C=O) groups excluding carboxylic acids is 2. The molecule has 0 bridgehead atoms. The van der Waals surface area contributed by atoms with Crippen molar-refractivity contribution in [2.24, 2.45) is 0 Å². The number of carbonyl (C=O) groups is 2. The van der Waals surface area contributed by atoms with Crippen LogP contribution in [0.2, 0.25) is 0 Å². The molecule has 7 nitrogen and oxygen atoms in total. The summed E-state index contributed by atoms with van der Waals surface area (Å²) in [4.78, 5) is 28.6. The number of hydrogen-bond acceptors (Lipinski definition) is 4. The van der Waals surface area contributed by atoms with Crippen molar-refractivity contribution in [1.29, 1.82) is 0 Å². The van der Waals surface area contributed by atoms with E-state index in [2.05, 4.69) is 5.32 Å². The fourth-order valence-electron chi connectivity index (χ4n) is 4.29. The fourth-order valence-corrected chi connectivity index (χ4v) is 5.69. The van der Waals surface area contributed by atoms with Gasteiger partial charge in [0.25, 0.3) is 10.0 Å². The number of rotatable bonds is 11. The summed E-state index contributed by atoms with van der Waals surface area (Å²) in [6, 6.07) is 20.5. The van der Waals surface area contributed by atoms with Gasteiger partial charge in [-0.25, -0.2) is 8.42 Å². The van der Waals surface area contributed by atoms with Gasteiger partial charge in [0.2, 0.25) is 11.8 Å². The summed E-state index contributed by atoms with van der Waals surface area (Å²) in [5, 5.41) is 2.95. The van der Waals surface area contributed by atoms with E-state index in [0.717, 1.165) is 33.0 Å². The molecule has 208 valence electrons. The van der Waals surface area contributed by atoms with Gasteiger partial charge in [0.15, 0.2) is 0 Å². The minimum absolute atomic E-state index is 0.0534. The van der Waals surface area contributed by atoms with Gasteiger partial charge in [-0.15, -0.1) is 0 Å². The van der Waals surface area contributed by atoms with Crippen molar-refractivity contribution in [1.82, 2.24) is 10.2 Å². The maximum absolute atomic E-state index is 14.0. The molecular formula is C31H39N3O4S. The second kappa shape index (κ2) is 12.9. The molecule has 0 aliphatic heterocycles. The Kier molecular flexibility index (Phi) is 9.92. The number of hydrogen-bond donors (Lipinski definition) is 1. The van der Waals surface area contributed by atoms with Crippen LogP contribution in [0.25, 0.3) is 0 Å². The predicted octanol–water partition coefficient (Wildman–Crippen LogP) is 5.14. The van der Waals surface area contributed by atoms with Crippen LogP contribution in [-0.4, -0.2) is 43.8 Å². The largest absolute Gasteiger partial charge is 0.352 e. The molecule has 2 atom stereocenters. The smallest absolute Gasteiger partial charge is 0.264 e. The van der Waals surface area contributed by atoms with Crippen molar-refractivity contribution in [3.8, 4) is 0 Å². The van der Waals surface area contributed by atoms with Crippen LogP contribution in [0.4, 0.5) is 5.69 Å². The first-order valence-corrected chi connectivity index (χ1v) is 14.7. The van der Waals surface area contributed by atoms with Crippen molar-refractivity contribution in [3.63, 3.8) is 0 Å². The van der Waals surface area contributed by atoms with Crippen LogP contribution < -0.4 is 9.62 Å². The van der Waals surface area contributed by atoms with Gasteiger partial charge >= 0.3 is 0 Å². The van der Waals surface area contributed by atoms with E-state index in [1.54, 1.807) is 43.3 Å². The molecule has 0 spiro atoms. The fraction of sp³-hybridized carbons (Fsp3) is 0.355. The number of sulfonamides is 1. The van der Waals surface area contributed by atoms with Crippen molar-refractivity contribution >= 4 is 27.5 Å². The first kappa shape index (κ1) is 29.9. The average molecular weight is 550 g/mol. The number of amides is 2. The highest BCUT2D eigenvalue weighted by molar-refractivity contribution is 7.92. The second-order valence-electron chi connectivity index (χ2n) is 10.2. The minimum Gasteiger partial charge on any atom is -0.352 e. The Bertz CT molecular complexity index is 1370. The zero-order valence-electron chi connectivity index (χ0n) is 23.6. The summed E-state index contributed by atoms with van der Waals surface area (Å²) in [6.45, 7) is 10.9. The molecule has 2 amide bonds. The normalized spacial score (nSPS) is 12.9. The summed E-state index contributed by atoms with van der Waals surface area (Å²) in [5.41, 5.74) is 3.93. The number of benzene rings is 3. The van der Waals surface area contributed by atoms with E-state index in [1.165, 1.54) is 4.90 Å². The Morgan fingerprint density at radius 1 is 0.846 bits per heavy atom. The second-order valence-corrected chi connectivity index (χ2v) is 12.0. The maximum atomic E-state index is 14.0. The lowest BCUT2D eigenvalue weighted by atomic mass is 10.1. The Morgan fingerprint density at radius 2 is 1.44 bits per heavy atom. The Morgan fingerprint density at radius 3 is 2.00 bits per heavy atom. The summed E-state index contributed by atoms with van der Waals surface area (Å²) in [7, 11) is -4.09. The van der Waals surface area contributed by atoms with E-state index < -0.39 is 28.5 Å². The molecule has 39 heavy (non-hydrogen) atoms. The van der Waals surface area contributed by atoms with Crippen molar-refractivity contribution in [2.45, 2.75) is 71.5 Å². The van der Waals surface area contributed by atoms with E-state index in [-0.39, 0.29) is 23.4 Å². The van der Waals surface area contributed by atoms with Gasteiger partial charge in [-0.1, -0.05) is 61.0 Å². The number of anilines is 1. The first-order chi connectivity index (χ1) is 18.4. The molecule has 0 aliphatic carbocycles. The zero-order chi connectivity index (χ0) is 28.7. The molecule has 0 saturated heterocycles. The molecule has 0 heterocycles. The van der Waals surface area contributed by atoms with Crippen LogP contribution in [0.5, 0.6) is 0 Å². The highest BCUT2D eigenvalue weighted by Crippen LogP contribution is 2.27. The average Bonchev–Trinajstić information content (AvgIpc) is 2.89. The highest BCUT2D eigenvalue weighted by Gasteiger charge is 2.33. The molecular weight excluding hydrogens is 510 g/mol. The van der Waals surface area contributed by atoms with Gasteiger partial charge in [-0.3, -0.25) is 13.9 Å². The molecule has 1 N–H and O–H groups in total. The third kappa shape index (κ3) is 7.69. The molecule has 0 unspecified atom stereocenters. The Labute approximate surface area is 232 Å². The monoisotopic (exact) mass is 549 g/mol. The van der Waals surface area contributed by atoms with Crippen LogP contribution in [0.1, 0.15) is 49.4 Å². The van der Waals surface area contributed by atoms with E-state index in [0.29, 0.717) is 5.69 Å².